The van der Waals surface area contributed by atoms with Crippen LogP contribution in [0.15, 0.2) is 54.6 Å². The van der Waals surface area contributed by atoms with Crippen LogP contribution in [-0.2, 0) is 20.4 Å². The van der Waals surface area contributed by atoms with Crippen molar-refractivity contribution >= 4 is 34.1 Å². The highest BCUT2D eigenvalue weighted by Gasteiger charge is 2.34. The van der Waals surface area contributed by atoms with Crippen molar-refractivity contribution in [2.24, 2.45) is 0 Å². The van der Waals surface area contributed by atoms with Gasteiger partial charge >= 0.3 is 6.09 Å². The third kappa shape index (κ3) is 5.22. The van der Waals surface area contributed by atoms with Crippen LogP contribution in [0.2, 0.25) is 0 Å². The molecule has 1 aliphatic rings. The van der Waals surface area contributed by atoms with Crippen molar-refractivity contribution in [2.75, 3.05) is 25.1 Å². The van der Waals surface area contributed by atoms with Crippen LogP contribution in [0.25, 0.3) is 10.8 Å². The number of imide groups is 1. The van der Waals surface area contributed by atoms with Gasteiger partial charge in [0, 0.05) is 23.8 Å². The van der Waals surface area contributed by atoms with E-state index in [4.69, 9.17) is 4.74 Å². The van der Waals surface area contributed by atoms with Crippen LogP contribution in [0.4, 0.5) is 16.2 Å². The van der Waals surface area contributed by atoms with Gasteiger partial charge < -0.3 is 9.64 Å². The van der Waals surface area contributed by atoms with E-state index in [2.05, 4.69) is 96.0 Å². The molecular formula is C32H40N2O3. The monoisotopic (exact) mass is 500 g/mol. The highest BCUT2D eigenvalue weighted by molar-refractivity contribution is 6.03. The molecule has 1 heterocycles. The standard InChI is InChI=1S/C32H40N2O3/c1-9-24(29(35)34-16-17-37-30(34)36)26-14-15-28(27-13-11-10-12-25(26)27)33(8)23-19-21(31(2,3)4)18-22(20-23)32(5,6)7/h10-15,18-20,24H,9,16-17H2,1-8H3/t24-/m1/s1. The van der Waals surface area contributed by atoms with Crippen LogP contribution in [0.3, 0.4) is 0 Å². The number of amides is 2. The van der Waals surface area contributed by atoms with E-state index in [9.17, 15) is 9.59 Å². The summed E-state index contributed by atoms with van der Waals surface area (Å²) >= 11 is 0. The molecule has 3 aromatic carbocycles. The summed E-state index contributed by atoms with van der Waals surface area (Å²) in [5.41, 5.74) is 5.81. The molecule has 0 radical (unpaired) electrons. The molecule has 1 aliphatic heterocycles. The zero-order valence-corrected chi connectivity index (χ0v) is 23.5. The smallest absolute Gasteiger partial charge is 0.416 e. The van der Waals surface area contributed by atoms with Crippen LogP contribution in [0.5, 0.6) is 0 Å². The van der Waals surface area contributed by atoms with Gasteiger partial charge in [0.05, 0.1) is 12.5 Å². The molecule has 1 saturated heterocycles. The van der Waals surface area contributed by atoms with Crippen LogP contribution in [0, 0.1) is 0 Å². The number of hydrogen-bond donors (Lipinski definition) is 0. The molecule has 0 aromatic heterocycles. The first kappa shape index (κ1) is 26.7. The van der Waals surface area contributed by atoms with Crippen molar-refractivity contribution in [3.63, 3.8) is 0 Å². The number of hydrogen-bond acceptors (Lipinski definition) is 4. The molecule has 1 atom stereocenters. The van der Waals surface area contributed by atoms with Crippen molar-refractivity contribution < 1.29 is 14.3 Å². The largest absolute Gasteiger partial charge is 0.447 e. The van der Waals surface area contributed by atoms with Crippen molar-refractivity contribution in [3.8, 4) is 0 Å². The number of ether oxygens (including phenoxy) is 1. The van der Waals surface area contributed by atoms with Gasteiger partial charge in [0.25, 0.3) is 0 Å². The summed E-state index contributed by atoms with van der Waals surface area (Å²) < 4.78 is 5.03. The maximum atomic E-state index is 13.3. The SMILES string of the molecule is CC[C@@H](C(=O)N1CCOC1=O)c1ccc(N(C)c2cc(C(C)(C)C)cc(C(C)(C)C)c2)c2ccccc12. The molecule has 2 amide bonds. The second-order valence-corrected chi connectivity index (χ2v) is 12.1. The summed E-state index contributed by atoms with van der Waals surface area (Å²) in [6, 6.07) is 19.3. The Bertz CT molecular complexity index is 1300. The van der Waals surface area contributed by atoms with Crippen molar-refractivity contribution in [3.05, 3.63) is 71.3 Å². The predicted molar refractivity (Wildman–Crippen MR) is 152 cm³/mol. The molecule has 0 bridgehead atoms. The molecule has 5 nitrogen and oxygen atoms in total. The molecule has 0 N–H and O–H groups in total. The highest BCUT2D eigenvalue weighted by atomic mass is 16.6. The van der Waals surface area contributed by atoms with Gasteiger partial charge in [0.1, 0.15) is 6.61 Å². The number of carbonyl (C=O) groups excluding carboxylic acids is 2. The van der Waals surface area contributed by atoms with Crippen LogP contribution >= 0.6 is 0 Å². The summed E-state index contributed by atoms with van der Waals surface area (Å²) in [7, 11) is 2.11. The number of benzene rings is 3. The molecule has 0 saturated carbocycles. The quantitative estimate of drug-likeness (QED) is 0.361. The van der Waals surface area contributed by atoms with Gasteiger partial charge in [-0.3, -0.25) is 4.79 Å². The van der Waals surface area contributed by atoms with E-state index in [1.54, 1.807) is 0 Å². The highest BCUT2D eigenvalue weighted by Crippen LogP contribution is 2.40. The third-order valence-electron chi connectivity index (χ3n) is 7.44. The van der Waals surface area contributed by atoms with Gasteiger partial charge in [0.2, 0.25) is 5.91 Å². The van der Waals surface area contributed by atoms with E-state index in [1.807, 2.05) is 19.1 Å². The number of fused-ring (bicyclic) bond motifs is 1. The Labute approximate surface area is 221 Å². The lowest BCUT2D eigenvalue weighted by Gasteiger charge is -2.30. The number of cyclic esters (lactones) is 1. The Hall–Kier alpha value is -3.34. The second kappa shape index (κ2) is 9.85. The Kier molecular flexibility index (Phi) is 7.11. The lowest BCUT2D eigenvalue weighted by molar-refractivity contribution is -0.129. The normalized spacial score (nSPS) is 15.1. The molecule has 1 fully saturated rings. The van der Waals surface area contributed by atoms with Gasteiger partial charge in [-0.25, -0.2) is 9.69 Å². The lowest BCUT2D eigenvalue weighted by atomic mass is 9.80. The first-order valence-corrected chi connectivity index (χ1v) is 13.2. The molecule has 3 aromatic rings. The molecule has 4 rings (SSSR count). The van der Waals surface area contributed by atoms with Crippen molar-refractivity contribution in [1.82, 2.24) is 4.90 Å². The number of anilines is 2. The molecule has 37 heavy (non-hydrogen) atoms. The minimum atomic E-state index is -0.544. The summed E-state index contributed by atoms with van der Waals surface area (Å²) in [5.74, 6) is -0.601. The Morgan fingerprint density at radius 1 is 0.946 bits per heavy atom. The fourth-order valence-corrected chi connectivity index (χ4v) is 5.02. The van der Waals surface area contributed by atoms with Crippen LogP contribution < -0.4 is 4.90 Å². The van der Waals surface area contributed by atoms with Gasteiger partial charge in [-0.1, -0.05) is 84.9 Å². The second-order valence-electron chi connectivity index (χ2n) is 12.1. The minimum Gasteiger partial charge on any atom is -0.447 e. The van der Waals surface area contributed by atoms with Gasteiger partial charge in [0.15, 0.2) is 0 Å². The predicted octanol–water partition coefficient (Wildman–Crippen LogP) is 7.68. The zero-order chi connectivity index (χ0) is 27.1. The van der Waals surface area contributed by atoms with Gasteiger partial charge in [-0.05, 0) is 57.5 Å². The van der Waals surface area contributed by atoms with Gasteiger partial charge in [-0.2, -0.15) is 0 Å². The molecule has 0 unspecified atom stereocenters. The first-order chi connectivity index (χ1) is 17.3. The van der Waals surface area contributed by atoms with Gasteiger partial charge in [-0.15, -0.1) is 0 Å². The van der Waals surface area contributed by atoms with E-state index in [1.165, 1.54) is 16.0 Å². The first-order valence-electron chi connectivity index (χ1n) is 13.2. The maximum absolute atomic E-state index is 13.3. The average Bonchev–Trinajstić information content (AvgIpc) is 3.28. The summed E-state index contributed by atoms with van der Waals surface area (Å²) in [5, 5.41) is 2.11. The van der Waals surface area contributed by atoms with Crippen molar-refractivity contribution in [1.29, 1.82) is 0 Å². The topological polar surface area (TPSA) is 49.9 Å². The third-order valence-corrected chi connectivity index (χ3v) is 7.44. The minimum absolute atomic E-state index is 0.0220. The lowest BCUT2D eigenvalue weighted by Crippen LogP contribution is -2.35. The molecule has 5 heteroatoms. The number of rotatable bonds is 5. The van der Waals surface area contributed by atoms with E-state index < -0.39 is 12.0 Å². The van der Waals surface area contributed by atoms with Crippen molar-refractivity contribution in [2.45, 2.75) is 71.6 Å². The number of nitrogens with zero attached hydrogens (tertiary/aromatic N) is 2. The van der Waals surface area contributed by atoms with E-state index in [0.29, 0.717) is 13.0 Å². The Balaban J connectivity index is 1.82. The van der Waals surface area contributed by atoms with Crippen LogP contribution in [0.1, 0.15) is 77.5 Å². The summed E-state index contributed by atoms with van der Waals surface area (Å²) in [4.78, 5) is 28.9. The van der Waals surface area contributed by atoms with E-state index in [0.717, 1.165) is 27.7 Å². The number of carbonyl (C=O) groups is 2. The fourth-order valence-electron chi connectivity index (χ4n) is 5.02. The molecule has 0 aliphatic carbocycles. The fraction of sp³-hybridized carbons (Fsp3) is 0.438. The Morgan fingerprint density at radius 3 is 2.05 bits per heavy atom. The summed E-state index contributed by atoms with van der Waals surface area (Å²) in [6.07, 6.45) is 0.0576. The zero-order valence-electron chi connectivity index (χ0n) is 23.5. The van der Waals surface area contributed by atoms with E-state index >= 15 is 0 Å². The molecule has 196 valence electrons. The van der Waals surface area contributed by atoms with E-state index in [-0.39, 0.29) is 23.3 Å². The molecular weight excluding hydrogens is 460 g/mol. The molecule has 0 spiro atoms. The maximum Gasteiger partial charge on any atom is 0.416 e. The Morgan fingerprint density at radius 2 is 1.54 bits per heavy atom. The van der Waals surface area contributed by atoms with Crippen LogP contribution in [-0.4, -0.2) is 37.1 Å². The average molecular weight is 501 g/mol. The summed E-state index contributed by atoms with van der Waals surface area (Å²) in [6.45, 7) is 16.1.